The maximum absolute atomic E-state index is 12.3. The number of amides is 1. The van der Waals surface area contributed by atoms with Gasteiger partial charge in [0.05, 0.1) is 0 Å². The van der Waals surface area contributed by atoms with Crippen molar-refractivity contribution in [2.45, 2.75) is 40.7 Å². The highest BCUT2D eigenvalue weighted by atomic mass is 16.1. The number of hydrogen-bond acceptors (Lipinski definition) is 2. The average Bonchev–Trinajstić information content (AvgIpc) is 2.46. The van der Waals surface area contributed by atoms with Gasteiger partial charge in [-0.15, -0.1) is 0 Å². The van der Waals surface area contributed by atoms with E-state index in [0.29, 0.717) is 17.8 Å². The van der Waals surface area contributed by atoms with Gasteiger partial charge in [0.1, 0.15) is 0 Å². The fourth-order valence-electron chi connectivity index (χ4n) is 3.18. The molecule has 0 fully saturated rings. The van der Waals surface area contributed by atoms with Gasteiger partial charge in [0, 0.05) is 18.7 Å². The highest BCUT2D eigenvalue weighted by Crippen LogP contribution is 2.20. The molecule has 1 aliphatic rings. The summed E-state index contributed by atoms with van der Waals surface area (Å²) in [5.74, 6) is 1.74. The molecule has 0 bridgehead atoms. The van der Waals surface area contributed by atoms with Gasteiger partial charge in [-0.3, -0.25) is 4.79 Å². The monoisotopic (exact) mass is 288 g/mol. The van der Waals surface area contributed by atoms with Gasteiger partial charge in [-0.1, -0.05) is 33.8 Å². The van der Waals surface area contributed by atoms with Gasteiger partial charge in [-0.2, -0.15) is 0 Å². The fourth-order valence-corrected chi connectivity index (χ4v) is 3.18. The minimum absolute atomic E-state index is 0.0506. The molecule has 0 spiro atoms. The highest BCUT2D eigenvalue weighted by molar-refractivity contribution is 5.94. The minimum atomic E-state index is 0.0506. The Balaban J connectivity index is 2.00. The van der Waals surface area contributed by atoms with Crippen LogP contribution in [0.5, 0.6) is 0 Å². The van der Waals surface area contributed by atoms with E-state index in [1.165, 1.54) is 11.1 Å². The second-order valence-corrected chi connectivity index (χ2v) is 6.77. The molecule has 1 heterocycles. The van der Waals surface area contributed by atoms with E-state index in [-0.39, 0.29) is 5.91 Å². The Kier molecular flexibility index (Phi) is 5.40. The molecule has 2 N–H and O–H groups in total. The summed E-state index contributed by atoms with van der Waals surface area (Å²) in [5, 5.41) is 6.46. The summed E-state index contributed by atoms with van der Waals surface area (Å²) in [6.45, 7) is 11.6. The van der Waals surface area contributed by atoms with E-state index >= 15 is 0 Å². The third-order valence-electron chi connectivity index (χ3n) is 4.57. The van der Waals surface area contributed by atoms with Gasteiger partial charge in [0.25, 0.3) is 5.91 Å². The van der Waals surface area contributed by atoms with Crippen LogP contribution in [-0.2, 0) is 13.0 Å². The summed E-state index contributed by atoms with van der Waals surface area (Å²) in [6.07, 6.45) is 1.06. The van der Waals surface area contributed by atoms with Crippen LogP contribution in [0.15, 0.2) is 18.2 Å². The van der Waals surface area contributed by atoms with Crippen LogP contribution in [0.1, 0.15) is 49.2 Å². The Bertz CT molecular complexity index is 486. The Labute approximate surface area is 128 Å². The third kappa shape index (κ3) is 4.07. The molecular formula is C18H28N2O. The van der Waals surface area contributed by atoms with Crippen molar-refractivity contribution in [3.63, 3.8) is 0 Å². The Morgan fingerprint density at radius 3 is 2.57 bits per heavy atom. The first kappa shape index (κ1) is 16.0. The first-order valence-electron chi connectivity index (χ1n) is 8.09. The number of carbonyl (C=O) groups is 1. The number of rotatable bonds is 5. The van der Waals surface area contributed by atoms with Gasteiger partial charge in [0.15, 0.2) is 0 Å². The Morgan fingerprint density at radius 1 is 1.19 bits per heavy atom. The van der Waals surface area contributed by atoms with E-state index in [2.05, 4.69) is 44.4 Å². The molecule has 3 nitrogen and oxygen atoms in total. The number of fused-ring (bicyclic) bond motifs is 1. The molecule has 1 aromatic rings. The van der Waals surface area contributed by atoms with Gasteiger partial charge < -0.3 is 10.6 Å². The van der Waals surface area contributed by atoms with Gasteiger partial charge in [-0.05, 0) is 54.0 Å². The molecule has 0 radical (unpaired) electrons. The van der Waals surface area contributed by atoms with Crippen LogP contribution in [0.4, 0.5) is 0 Å². The van der Waals surface area contributed by atoms with Crippen molar-refractivity contribution in [2.75, 3.05) is 13.1 Å². The predicted molar refractivity (Wildman–Crippen MR) is 87.4 cm³/mol. The summed E-state index contributed by atoms with van der Waals surface area (Å²) < 4.78 is 0. The van der Waals surface area contributed by atoms with E-state index in [9.17, 15) is 4.79 Å². The maximum Gasteiger partial charge on any atom is 0.251 e. The van der Waals surface area contributed by atoms with Crippen LogP contribution in [0.2, 0.25) is 0 Å². The largest absolute Gasteiger partial charge is 0.352 e. The topological polar surface area (TPSA) is 41.1 Å². The normalized spacial score (nSPS) is 14.6. The molecular weight excluding hydrogens is 260 g/mol. The lowest BCUT2D eigenvalue weighted by Crippen LogP contribution is -2.34. The van der Waals surface area contributed by atoms with E-state index in [1.54, 1.807) is 0 Å². The van der Waals surface area contributed by atoms with Crippen LogP contribution >= 0.6 is 0 Å². The predicted octanol–water partition coefficient (Wildman–Crippen LogP) is 2.99. The second-order valence-electron chi connectivity index (χ2n) is 6.77. The van der Waals surface area contributed by atoms with Crippen LogP contribution in [0, 0.1) is 17.8 Å². The zero-order valence-electron chi connectivity index (χ0n) is 13.7. The van der Waals surface area contributed by atoms with Crippen LogP contribution < -0.4 is 10.6 Å². The molecule has 1 aliphatic heterocycles. The number of hydrogen-bond donors (Lipinski definition) is 2. The van der Waals surface area contributed by atoms with Crippen LogP contribution in [-0.4, -0.2) is 19.0 Å². The summed E-state index contributed by atoms with van der Waals surface area (Å²) in [4.78, 5) is 12.3. The molecule has 3 heteroatoms. The van der Waals surface area contributed by atoms with E-state index in [4.69, 9.17) is 0 Å². The number of nitrogens with one attached hydrogen (secondary N) is 2. The van der Waals surface area contributed by atoms with Gasteiger partial charge >= 0.3 is 0 Å². The zero-order chi connectivity index (χ0) is 15.4. The van der Waals surface area contributed by atoms with E-state index in [1.807, 2.05) is 12.1 Å². The minimum Gasteiger partial charge on any atom is -0.352 e. The Morgan fingerprint density at radius 2 is 1.90 bits per heavy atom. The Hall–Kier alpha value is -1.35. The molecule has 0 aromatic heterocycles. The van der Waals surface area contributed by atoms with Crippen molar-refractivity contribution < 1.29 is 4.79 Å². The first-order valence-corrected chi connectivity index (χ1v) is 8.09. The molecule has 1 amide bonds. The van der Waals surface area contributed by atoms with Crippen molar-refractivity contribution in [2.24, 2.45) is 17.8 Å². The molecule has 0 unspecified atom stereocenters. The lowest BCUT2D eigenvalue weighted by atomic mass is 9.85. The smallest absolute Gasteiger partial charge is 0.251 e. The van der Waals surface area contributed by atoms with Crippen molar-refractivity contribution in [1.82, 2.24) is 10.6 Å². The lowest BCUT2D eigenvalue weighted by Gasteiger charge is -2.25. The summed E-state index contributed by atoms with van der Waals surface area (Å²) >= 11 is 0. The molecule has 1 aromatic carbocycles. The number of carbonyl (C=O) groups excluding carboxylic acids is 1. The number of benzene rings is 1. The second kappa shape index (κ2) is 7.08. The van der Waals surface area contributed by atoms with Crippen molar-refractivity contribution in [1.29, 1.82) is 0 Å². The van der Waals surface area contributed by atoms with Crippen molar-refractivity contribution >= 4 is 5.91 Å². The molecule has 116 valence electrons. The fraction of sp³-hybridized carbons (Fsp3) is 0.611. The standard InChI is InChI=1S/C18H28N2O/c1-12(2)17(13(3)4)11-20-18(21)15-6-5-14-7-8-19-10-16(14)9-15/h5-6,9,12-13,17,19H,7-8,10-11H2,1-4H3,(H,20,21). The average molecular weight is 288 g/mol. The first-order chi connectivity index (χ1) is 9.99. The van der Waals surface area contributed by atoms with Crippen LogP contribution in [0.25, 0.3) is 0 Å². The SMILES string of the molecule is CC(C)C(CNC(=O)c1ccc2c(c1)CNCC2)C(C)C. The van der Waals surface area contributed by atoms with Gasteiger partial charge in [0.2, 0.25) is 0 Å². The summed E-state index contributed by atoms with van der Waals surface area (Å²) in [6, 6.07) is 6.10. The quantitative estimate of drug-likeness (QED) is 0.874. The summed E-state index contributed by atoms with van der Waals surface area (Å²) in [5.41, 5.74) is 3.41. The van der Waals surface area contributed by atoms with Crippen molar-refractivity contribution in [3.05, 3.63) is 34.9 Å². The molecule has 0 aliphatic carbocycles. The zero-order valence-corrected chi connectivity index (χ0v) is 13.7. The van der Waals surface area contributed by atoms with Crippen molar-refractivity contribution in [3.8, 4) is 0 Å². The molecule has 0 saturated carbocycles. The molecule has 2 rings (SSSR count). The molecule has 0 saturated heterocycles. The lowest BCUT2D eigenvalue weighted by molar-refractivity contribution is 0.0937. The van der Waals surface area contributed by atoms with E-state index < -0.39 is 0 Å². The molecule has 0 atom stereocenters. The van der Waals surface area contributed by atoms with Gasteiger partial charge in [-0.25, -0.2) is 0 Å². The van der Waals surface area contributed by atoms with Crippen LogP contribution in [0.3, 0.4) is 0 Å². The third-order valence-corrected chi connectivity index (χ3v) is 4.57. The maximum atomic E-state index is 12.3. The summed E-state index contributed by atoms with van der Waals surface area (Å²) in [7, 11) is 0. The van der Waals surface area contributed by atoms with E-state index in [0.717, 1.165) is 31.6 Å². The highest BCUT2D eigenvalue weighted by Gasteiger charge is 2.19. The molecule has 21 heavy (non-hydrogen) atoms.